The molecule has 3 heteroatoms. The summed E-state index contributed by atoms with van der Waals surface area (Å²) in [6.07, 6.45) is 1.05. The highest BCUT2D eigenvalue weighted by atomic mass is 32.1. The molecule has 0 saturated carbocycles. The number of thiophene rings is 1. The second-order valence-electron chi connectivity index (χ2n) is 3.23. The van der Waals surface area contributed by atoms with E-state index in [1.807, 2.05) is 11.3 Å². The molecular weight excluding hydrogens is 194 g/mol. The summed E-state index contributed by atoms with van der Waals surface area (Å²) < 4.78 is 5.49. The minimum Gasteiger partial charge on any atom is -0.380 e. The summed E-state index contributed by atoms with van der Waals surface area (Å²) in [5.41, 5.74) is 0. The van der Waals surface area contributed by atoms with Crippen molar-refractivity contribution in [1.82, 2.24) is 5.32 Å². The van der Waals surface area contributed by atoms with Gasteiger partial charge in [0.1, 0.15) is 0 Å². The first kappa shape index (κ1) is 11.7. The average molecular weight is 213 g/mol. The van der Waals surface area contributed by atoms with Gasteiger partial charge in [0, 0.05) is 22.7 Å². The van der Waals surface area contributed by atoms with Gasteiger partial charge in [-0.25, -0.2) is 0 Å². The molecule has 1 aromatic rings. The molecule has 0 aliphatic heterocycles. The van der Waals surface area contributed by atoms with Crippen molar-refractivity contribution < 1.29 is 4.74 Å². The molecule has 0 aromatic carbocycles. The van der Waals surface area contributed by atoms with Gasteiger partial charge in [-0.15, -0.1) is 11.3 Å². The van der Waals surface area contributed by atoms with Crippen LogP contribution in [-0.2, 0) is 11.2 Å². The molecule has 0 aliphatic rings. The summed E-state index contributed by atoms with van der Waals surface area (Å²) in [5, 5.41) is 3.23. The Morgan fingerprint density at radius 3 is 2.86 bits per heavy atom. The topological polar surface area (TPSA) is 21.3 Å². The van der Waals surface area contributed by atoms with E-state index in [1.54, 1.807) is 0 Å². The van der Waals surface area contributed by atoms with Crippen molar-refractivity contribution in [3.05, 3.63) is 21.9 Å². The maximum atomic E-state index is 5.49. The van der Waals surface area contributed by atoms with Crippen LogP contribution >= 0.6 is 11.3 Å². The van der Waals surface area contributed by atoms with E-state index in [1.165, 1.54) is 9.75 Å². The molecule has 0 atom stereocenters. The van der Waals surface area contributed by atoms with Crippen molar-refractivity contribution in [2.24, 2.45) is 0 Å². The van der Waals surface area contributed by atoms with Gasteiger partial charge in [-0.1, -0.05) is 6.92 Å². The smallest absolute Gasteiger partial charge is 0.0591 e. The highest BCUT2D eigenvalue weighted by Gasteiger charge is 1.96. The molecule has 2 nitrogen and oxygen atoms in total. The quantitative estimate of drug-likeness (QED) is 0.701. The Hall–Kier alpha value is -0.380. The molecule has 1 N–H and O–H groups in total. The Balaban J connectivity index is 1.99. The summed E-state index contributed by atoms with van der Waals surface area (Å²) in [7, 11) is 0. The third-order valence-electron chi connectivity index (χ3n) is 1.96. The van der Waals surface area contributed by atoms with Crippen LogP contribution < -0.4 is 5.32 Å². The van der Waals surface area contributed by atoms with Crippen LogP contribution in [-0.4, -0.2) is 26.3 Å². The lowest BCUT2D eigenvalue weighted by molar-refractivity contribution is 0.140. The molecule has 14 heavy (non-hydrogen) atoms. The van der Waals surface area contributed by atoms with Crippen molar-refractivity contribution in [3.8, 4) is 0 Å². The molecule has 0 unspecified atom stereocenters. The van der Waals surface area contributed by atoms with E-state index in [2.05, 4.69) is 31.3 Å². The SMILES string of the molecule is CCNCCOCCc1ccc(C)s1. The third kappa shape index (κ3) is 4.74. The van der Waals surface area contributed by atoms with E-state index in [4.69, 9.17) is 4.74 Å². The Bertz CT molecular complexity index is 247. The molecule has 0 aliphatic carbocycles. The van der Waals surface area contributed by atoms with Crippen molar-refractivity contribution in [2.75, 3.05) is 26.3 Å². The summed E-state index contributed by atoms with van der Waals surface area (Å²) in [5.74, 6) is 0. The summed E-state index contributed by atoms with van der Waals surface area (Å²) >= 11 is 1.86. The highest BCUT2D eigenvalue weighted by Crippen LogP contribution is 2.15. The predicted molar refractivity (Wildman–Crippen MR) is 62.1 cm³/mol. The van der Waals surface area contributed by atoms with Gasteiger partial charge < -0.3 is 10.1 Å². The van der Waals surface area contributed by atoms with Gasteiger partial charge in [-0.05, 0) is 25.6 Å². The van der Waals surface area contributed by atoms with E-state index >= 15 is 0 Å². The zero-order valence-corrected chi connectivity index (χ0v) is 9.82. The summed E-state index contributed by atoms with van der Waals surface area (Å²) in [6.45, 7) is 7.88. The maximum absolute atomic E-state index is 5.49. The van der Waals surface area contributed by atoms with Crippen molar-refractivity contribution in [2.45, 2.75) is 20.3 Å². The van der Waals surface area contributed by atoms with Gasteiger partial charge in [-0.2, -0.15) is 0 Å². The Morgan fingerprint density at radius 1 is 1.36 bits per heavy atom. The zero-order chi connectivity index (χ0) is 10.2. The van der Waals surface area contributed by atoms with Crippen LogP contribution in [0.15, 0.2) is 12.1 Å². The molecule has 1 aromatic heterocycles. The molecule has 1 rings (SSSR count). The number of aryl methyl sites for hydroxylation is 1. The molecule has 0 saturated heterocycles. The first-order chi connectivity index (χ1) is 6.83. The van der Waals surface area contributed by atoms with Gasteiger partial charge in [0.15, 0.2) is 0 Å². The van der Waals surface area contributed by atoms with Crippen molar-refractivity contribution >= 4 is 11.3 Å². The zero-order valence-electron chi connectivity index (χ0n) is 9.01. The average Bonchev–Trinajstić information content (AvgIpc) is 2.58. The molecule has 80 valence electrons. The van der Waals surface area contributed by atoms with E-state index in [-0.39, 0.29) is 0 Å². The number of hydrogen-bond donors (Lipinski definition) is 1. The Morgan fingerprint density at radius 2 is 2.21 bits per heavy atom. The van der Waals surface area contributed by atoms with Crippen LogP contribution in [0.25, 0.3) is 0 Å². The van der Waals surface area contributed by atoms with Gasteiger partial charge in [-0.3, -0.25) is 0 Å². The van der Waals surface area contributed by atoms with Crippen LogP contribution in [0.5, 0.6) is 0 Å². The van der Waals surface area contributed by atoms with Gasteiger partial charge in [0.25, 0.3) is 0 Å². The van der Waals surface area contributed by atoms with Crippen LogP contribution in [0, 0.1) is 6.92 Å². The van der Waals surface area contributed by atoms with Gasteiger partial charge in [0.2, 0.25) is 0 Å². The fourth-order valence-corrected chi connectivity index (χ4v) is 2.09. The number of nitrogens with one attached hydrogen (secondary N) is 1. The van der Waals surface area contributed by atoms with E-state index < -0.39 is 0 Å². The minimum atomic E-state index is 0.818. The minimum absolute atomic E-state index is 0.818. The Labute approximate surface area is 90.3 Å². The number of hydrogen-bond acceptors (Lipinski definition) is 3. The van der Waals surface area contributed by atoms with Crippen LogP contribution in [0.2, 0.25) is 0 Å². The molecule has 1 heterocycles. The number of likely N-dealkylation sites (N-methyl/N-ethyl adjacent to an activating group) is 1. The van der Waals surface area contributed by atoms with Crippen LogP contribution in [0.1, 0.15) is 16.7 Å². The molecule has 0 fully saturated rings. The van der Waals surface area contributed by atoms with E-state index in [9.17, 15) is 0 Å². The molecule has 0 amide bonds. The van der Waals surface area contributed by atoms with E-state index in [0.29, 0.717) is 0 Å². The highest BCUT2D eigenvalue weighted by molar-refractivity contribution is 7.11. The Kier molecular flexibility index (Phi) is 5.83. The molecular formula is C11H19NOS. The standard InChI is InChI=1S/C11H19NOS/c1-3-12-7-9-13-8-6-11-5-4-10(2)14-11/h4-5,12H,3,6-9H2,1-2H3. The fraction of sp³-hybridized carbons (Fsp3) is 0.636. The molecule has 0 radical (unpaired) electrons. The normalized spacial score (nSPS) is 10.7. The summed E-state index contributed by atoms with van der Waals surface area (Å²) in [4.78, 5) is 2.80. The lowest BCUT2D eigenvalue weighted by atomic mass is 10.3. The first-order valence-electron chi connectivity index (χ1n) is 5.16. The fourth-order valence-electron chi connectivity index (χ4n) is 1.22. The second-order valence-corrected chi connectivity index (χ2v) is 4.60. The predicted octanol–water partition coefficient (Wildman–Crippen LogP) is 2.23. The largest absolute Gasteiger partial charge is 0.380 e. The van der Waals surface area contributed by atoms with Crippen molar-refractivity contribution in [3.63, 3.8) is 0 Å². The molecule has 0 bridgehead atoms. The number of ether oxygens (including phenoxy) is 1. The van der Waals surface area contributed by atoms with Gasteiger partial charge >= 0.3 is 0 Å². The summed E-state index contributed by atoms with van der Waals surface area (Å²) in [6, 6.07) is 4.35. The van der Waals surface area contributed by atoms with Crippen LogP contribution in [0.3, 0.4) is 0 Å². The number of rotatable bonds is 7. The van der Waals surface area contributed by atoms with Crippen LogP contribution in [0.4, 0.5) is 0 Å². The lowest BCUT2D eigenvalue weighted by Gasteiger charge is -2.03. The molecule has 0 spiro atoms. The van der Waals surface area contributed by atoms with Gasteiger partial charge in [0.05, 0.1) is 13.2 Å². The lowest BCUT2D eigenvalue weighted by Crippen LogP contribution is -2.19. The maximum Gasteiger partial charge on any atom is 0.0591 e. The third-order valence-corrected chi connectivity index (χ3v) is 3.02. The first-order valence-corrected chi connectivity index (χ1v) is 5.98. The van der Waals surface area contributed by atoms with E-state index in [0.717, 1.165) is 32.7 Å². The monoisotopic (exact) mass is 213 g/mol. The van der Waals surface area contributed by atoms with Crippen molar-refractivity contribution in [1.29, 1.82) is 0 Å². The second kappa shape index (κ2) is 6.98.